The molecule has 0 saturated heterocycles. The van der Waals surface area contributed by atoms with Gasteiger partial charge in [0.1, 0.15) is 6.04 Å². The average Bonchev–Trinajstić information content (AvgIpc) is 2.43. The Kier molecular flexibility index (Phi) is 6.37. The highest BCUT2D eigenvalue weighted by molar-refractivity contribution is 5.94. The molecule has 7 nitrogen and oxygen atoms in total. The first-order valence-corrected chi connectivity index (χ1v) is 7.01. The first-order chi connectivity index (χ1) is 10.3. The molecule has 0 heterocycles. The molecule has 0 fully saturated rings. The number of carboxylic acid groups (broad SMARTS) is 1. The fourth-order valence-electron chi connectivity index (χ4n) is 1.87. The van der Waals surface area contributed by atoms with Crippen molar-refractivity contribution in [2.45, 2.75) is 33.2 Å². The highest BCUT2D eigenvalue weighted by Gasteiger charge is 2.25. The molecule has 0 unspecified atom stereocenters. The maximum absolute atomic E-state index is 11.9. The molecule has 0 aliphatic heterocycles. The number of nitrogens with one attached hydrogen (secondary N) is 3. The maximum atomic E-state index is 11.9. The molecule has 4 N–H and O–H groups in total. The number of carboxylic acids is 1. The van der Waals surface area contributed by atoms with E-state index in [2.05, 4.69) is 16.0 Å². The van der Waals surface area contributed by atoms with Crippen molar-refractivity contribution in [1.82, 2.24) is 5.32 Å². The Balaban J connectivity index is 2.71. The number of carbonyl (C=O) groups is 3. The standard InChI is InChI=1S/C15H21N3O4/c1-4-9(2)13(14(20)21)18-15(22)17-12-7-5-6-11(8-12)16-10(3)19/h5-9,13H,4H2,1-3H3,(H,16,19)(H,20,21)(H2,17,18,22)/t9-,13-/m0/s1. The topological polar surface area (TPSA) is 108 Å². The summed E-state index contributed by atoms with van der Waals surface area (Å²) in [6.07, 6.45) is 0.634. The van der Waals surface area contributed by atoms with Gasteiger partial charge in [0.05, 0.1) is 0 Å². The second kappa shape index (κ2) is 8.02. The summed E-state index contributed by atoms with van der Waals surface area (Å²) in [6, 6.07) is 5.02. The van der Waals surface area contributed by atoms with E-state index in [9.17, 15) is 14.4 Å². The molecule has 0 radical (unpaired) electrons. The normalized spacial score (nSPS) is 12.9. The molecule has 7 heteroatoms. The Morgan fingerprint density at radius 1 is 1.18 bits per heavy atom. The average molecular weight is 307 g/mol. The van der Waals surface area contributed by atoms with E-state index < -0.39 is 18.0 Å². The number of anilines is 2. The number of rotatable bonds is 6. The molecule has 120 valence electrons. The number of benzene rings is 1. The van der Waals surface area contributed by atoms with Crippen molar-refractivity contribution in [1.29, 1.82) is 0 Å². The van der Waals surface area contributed by atoms with E-state index in [-0.39, 0.29) is 11.8 Å². The van der Waals surface area contributed by atoms with Crippen LogP contribution in [0.25, 0.3) is 0 Å². The van der Waals surface area contributed by atoms with E-state index in [1.54, 1.807) is 31.2 Å². The number of hydrogen-bond acceptors (Lipinski definition) is 3. The van der Waals surface area contributed by atoms with Gasteiger partial charge in [-0.15, -0.1) is 0 Å². The lowest BCUT2D eigenvalue weighted by Crippen LogP contribution is -2.46. The minimum Gasteiger partial charge on any atom is -0.480 e. The molecular weight excluding hydrogens is 286 g/mol. The van der Waals surface area contributed by atoms with Gasteiger partial charge >= 0.3 is 12.0 Å². The Labute approximate surface area is 129 Å². The van der Waals surface area contributed by atoms with Crippen molar-refractivity contribution in [3.63, 3.8) is 0 Å². The molecule has 0 aliphatic carbocycles. The first-order valence-electron chi connectivity index (χ1n) is 7.01. The summed E-state index contributed by atoms with van der Waals surface area (Å²) < 4.78 is 0. The summed E-state index contributed by atoms with van der Waals surface area (Å²) in [7, 11) is 0. The predicted octanol–water partition coefficient (Wildman–Crippen LogP) is 2.27. The molecular formula is C15H21N3O4. The molecule has 0 aliphatic rings. The second-order valence-corrected chi connectivity index (χ2v) is 5.06. The van der Waals surface area contributed by atoms with E-state index in [1.807, 2.05) is 6.92 Å². The summed E-state index contributed by atoms with van der Waals surface area (Å²) in [6.45, 7) is 5.00. The zero-order valence-electron chi connectivity index (χ0n) is 12.8. The van der Waals surface area contributed by atoms with E-state index in [0.29, 0.717) is 17.8 Å². The Morgan fingerprint density at radius 2 is 1.77 bits per heavy atom. The van der Waals surface area contributed by atoms with Crippen molar-refractivity contribution in [2.75, 3.05) is 10.6 Å². The fraction of sp³-hybridized carbons (Fsp3) is 0.400. The largest absolute Gasteiger partial charge is 0.480 e. The van der Waals surface area contributed by atoms with Gasteiger partial charge in [-0.1, -0.05) is 26.3 Å². The second-order valence-electron chi connectivity index (χ2n) is 5.06. The number of amides is 3. The van der Waals surface area contributed by atoms with Crippen LogP contribution in [0.2, 0.25) is 0 Å². The number of carbonyl (C=O) groups excluding carboxylic acids is 2. The quantitative estimate of drug-likeness (QED) is 0.646. The Bertz CT molecular complexity index is 559. The predicted molar refractivity (Wildman–Crippen MR) is 83.8 cm³/mol. The maximum Gasteiger partial charge on any atom is 0.326 e. The lowest BCUT2D eigenvalue weighted by molar-refractivity contribution is -0.140. The third-order valence-corrected chi connectivity index (χ3v) is 3.21. The molecule has 1 aromatic carbocycles. The summed E-state index contributed by atoms with van der Waals surface area (Å²) in [4.78, 5) is 34.1. The zero-order valence-corrected chi connectivity index (χ0v) is 12.8. The van der Waals surface area contributed by atoms with E-state index in [4.69, 9.17) is 5.11 Å². The highest BCUT2D eigenvalue weighted by Crippen LogP contribution is 2.15. The van der Waals surface area contributed by atoms with Crippen LogP contribution >= 0.6 is 0 Å². The molecule has 0 saturated carbocycles. The van der Waals surface area contributed by atoms with Crippen LogP contribution in [0.15, 0.2) is 24.3 Å². The van der Waals surface area contributed by atoms with Crippen LogP contribution in [0.1, 0.15) is 27.2 Å². The Hall–Kier alpha value is -2.57. The van der Waals surface area contributed by atoms with Gasteiger partial charge in [-0.2, -0.15) is 0 Å². The van der Waals surface area contributed by atoms with Gasteiger partial charge in [0.15, 0.2) is 0 Å². The molecule has 3 amide bonds. The summed E-state index contributed by atoms with van der Waals surface area (Å²) in [5.41, 5.74) is 0.999. The minimum atomic E-state index is -1.07. The summed E-state index contributed by atoms with van der Waals surface area (Å²) in [5.74, 6) is -1.48. The molecule has 22 heavy (non-hydrogen) atoms. The van der Waals surface area contributed by atoms with Gasteiger partial charge in [-0.3, -0.25) is 4.79 Å². The van der Waals surface area contributed by atoms with Crippen molar-refractivity contribution in [3.8, 4) is 0 Å². The van der Waals surface area contributed by atoms with Gasteiger partial charge in [0, 0.05) is 18.3 Å². The van der Waals surface area contributed by atoms with Crippen molar-refractivity contribution in [2.24, 2.45) is 5.92 Å². The van der Waals surface area contributed by atoms with Crippen molar-refractivity contribution < 1.29 is 19.5 Å². The lowest BCUT2D eigenvalue weighted by Gasteiger charge is -2.20. The van der Waals surface area contributed by atoms with Crippen LogP contribution in [-0.4, -0.2) is 29.1 Å². The monoisotopic (exact) mass is 307 g/mol. The van der Waals surface area contributed by atoms with Crippen LogP contribution in [0.4, 0.5) is 16.2 Å². The van der Waals surface area contributed by atoms with Crippen LogP contribution in [-0.2, 0) is 9.59 Å². The van der Waals surface area contributed by atoms with E-state index >= 15 is 0 Å². The van der Waals surface area contributed by atoms with Crippen LogP contribution in [0.3, 0.4) is 0 Å². The third-order valence-electron chi connectivity index (χ3n) is 3.21. The molecule has 0 spiro atoms. The first kappa shape index (κ1) is 17.5. The molecule has 1 aromatic rings. The summed E-state index contributed by atoms with van der Waals surface area (Å²) in [5, 5.41) is 16.7. The SMILES string of the molecule is CC[C@H](C)[C@H](NC(=O)Nc1cccc(NC(C)=O)c1)C(=O)O. The zero-order chi connectivity index (χ0) is 16.7. The van der Waals surface area contributed by atoms with E-state index in [1.165, 1.54) is 6.92 Å². The third kappa shape index (κ3) is 5.43. The van der Waals surface area contributed by atoms with Gasteiger partial charge in [-0.05, 0) is 24.1 Å². The van der Waals surface area contributed by atoms with Gasteiger partial charge in [-0.25, -0.2) is 9.59 Å². The molecule has 1 rings (SSSR count). The van der Waals surface area contributed by atoms with Crippen LogP contribution in [0.5, 0.6) is 0 Å². The fourth-order valence-corrected chi connectivity index (χ4v) is 1.87. The molecule has 2 atom stereocenters. The minimum absolute atomic E-state index is 0.186. The molecule has 0 bridgehead atoms. The van der Waals surface area contributed by atoms with Gasteiger partial charge in [0.2, 0.25) is 5.91 Å². The molecule has 0 aromatic heterocycles. The number of hydrogen-bond donors (Lipinski definition) is 4. The summed E-state index contributed by atoms with van der Waals surface area (Å²) >= 11 is 0. The van der Waals surface area contributed by atoms with Gasteiger partial charge < -0.3 is 21.1 Å². The van der Waals surface area contributed by atoms with Crippen LogP contribution in [0, 0.1) is 5.92 Å². The van der Waals surface area contributed by atoms with E-state index in [0.717, 1.165) is 0 Å². The lowest BCUT2D eigenvalue weighted by atomic mass is 9.99. The number of aliphatic carboxylic acids is 1. The van der Waals surface area contributed by atoms with Crippen LogP contribution < -0.4 is 16.0 Å². The van der Waals surface area contributed by atoms with Crippen molar-refractivity contribution in [3.05, 3.63) is 24.3 Å². The number of urea groups is 1. The van der Waals surface area contributed by atoms with Crippen molar-refractivity contribution >= 4 is 29.3 Å². The van der Waals surface area contributed by atoms with Gasteiger partial charge in [0.25, 0.3) is 0 Å². The smallest absolute Gasteiger partial charge is 0.326 e. The Morgan fingerprint density at radius 3 is 2.27 bits per heavy atom. The highest BCUT2D eigenvalue weighted by atomic mass is 16.4.